The predicted molar refractivity (Wildman–Crippen MR) is 75.3 cm³/mol. The Kier molecular flexibility index (Phi) is 3.35. The topological polar surface area (TPSA) is 129 Å². The van der Waals surface area contributed by atoms with E-state index < -0.39 is 29.8 Å². The van der Waals surface area contributed by atoms with Crippen LogP contribution < -0.4 is 4.46 Å². The van der Waals surface area contributed by atoms with Crippen LogP contribution in [0.1, 0.15) is 11.1 Å². The molecule has 9 nitrogen and oxygen atoms in total. The Bertz CT molecular complexity index is 832. The Labute approximate surface area is 131 Å². The Morgan fingerprint density at radius 2 is 1.35 bits per heavy atom. The van der Waals surface area contributed by atoms with Gasteiger partial charge in [-0.2, -0.15) is 0 Å². The fourth-order valence-corrected chi connectivity index (χ4v) is 4.41. The van der Waals surface area contributed by atoms with E-state index in [2.05, 4.69) is 0 Å². The van der Waals surface area contributed by atoms with Gasteiger partial charge in [-0.05, 0) is 0 Å². The molecule has 2 aromatic rings. The molecule has 0 aromatic heterocycles. The molecule has 0 aliphatic heterocycles. The average Bonchev–Trinajstić information content (AvgIpc) is 2.86. The van der Waals surface area contributed by atoms with Crippen molar-refractivity contribution in [2.45, 2.75) is 6.42 Å². The van der Waals surface area contributed by atoms with Gasteiger partial charge in [0.15, 0.2) is 0 Å². The molecule has 0 spiro atoms. The molecule has 23 heavy (non-hydrogen) atoms. The number of hydrogen-bond donors (Lipinski definition) is 0. The summed E-state index contributed by atoms with van der Waals surface area (Å²) in [5, 5.41) is 34.0. The zero-order valence-corrected chi connectivity index (χ0v) is 12.3. The normalized spacial score (nSPS) is 13.0. The SMILES string of the molecule is O=[N+]([O-])[Cu]([c]1cccc2c1Cc1ccccc1-2)([N+](=O)[O-])[N+](=O)[O-]. The molecule has 0 N–H and O–H groups in total. The molecule has 3 rings (SSSR count). The monoisotopic (exact) mass is 366 g/mol. The summed E-state index contributed by atoms with van der Waals surface area (Å²) in [5.41, 5.74) is 2.47. The number of nitrogens with zero attached hydrogens (tertiary/aromatic N) is 3. The third-order valence-electron chi connectivity index (χ3n) is 3.44. The van der Waals surface area contributed by atoms with Gasteiger partial charge in [0.05, 0.1) is 0 Å². The van der Waals surface area contributed by atoms with Crippen LogP contribution in [0.4, 0.5) is 0 Å². The summed E-state index contributed by atoms with van der Waals surface area (Å²) in [6, 6.07) is 11.3. The first kappa shape index (κ1) is 15.1. The third-order valence-corrected chi connectivity index (χ3v) is 6.00. The van der Waals surface area contributed by atoms with Gasteiger partial charge in [0.2, 0.25) is 0 Å². The van der Waals surface area contributed by atoms with Crippen LogP contribution in [0.2, 0.25) is 0 Å². The standard InChI is InChI=1S/C13H9.Cu.3NO2/c1-3-7-12-10(5-1)9-11-6-2-4-8-13(11)12;;3*2-1-3/h1-5,7-8H,9H2;;;;. The van der Waals surface area contributed by atoms with E-state index in [0.29, 0.717) is 5.56 Å². The van der Waals surface area contributed by atoms with E-state index in [9.17, 15) is 30.3 Å². The molecule has 1 aliphatic rings. The molecular weight excluding hydrogens is 358 g/mol. The quantitative estimate of drug-likeness (QED) is 0.391. The van der Waals surface area contributed by atoms with Crippen molar-refractivity contribution in [3.8, 4) is 11.1 Å². The van der Waals surface area contributed by atoms with Crippen LogP contribution in [0, 0.1) is 30.3 Å². The third kappa shape index (κ3) is 1.92. The molecule has 1 aliphatic carbocycles. The molecule has 0 unspecified atom stereocenters. The predicted octanol–water partition coefficient (Wildman–Crippen LogP) is 1.61. The van der Waals surface area contributed by atoms with Crippen LogP contribution in [0.15, 0.2) is 42.5 Å². The van der Waals surface area contributed by atoms with Gasteiger partial charge in [0.1, 0.15) is 0 Å². The summed E-state index contributed by atoms with van der Waals surface area (Å²) in [6.07, 6.45) is 0.199. The van der Waals surface area contributed by atoms with Crippen LogP contribution in [0.25, 0.3) is 11.1 Å². The Hall–Kier alpha value is -2.84. The van der Waals surface area contributed by atoms with Crippen molar-refractivity contribution in [1.29, 1.82) is 0 Å². The summed E-state index contributed by atoms with van der Waals surface area (Å²) in [6.45, 7) is 0. The fraction of sp³-hybridized carbons (Fsp3) is 0.0769. The summed E-state index contributed by atoms with van der Waals surface area (Å²) < 4.78 is -4.55. The van der Waals surface area contributed by atoms with Crippen molar-refractivity contribution in [2.24, 2.45) is 0 Å². The average molecular weight is 367 g/mol. The molecule has 0 fully saturated rings. The number of fused-ring (bicyclic) bond motifs is 3. The number of nitro groups is 3. The summed E-state index contributed by atoms with van der Waals surface area (Å²) >= 11 is -4.63. The van der Waals surface area contributed by atoms with Crippen LogP contribution in [-0.4, -0.2) is 11.8 Å². The minimum atomic E-state index is -4.63. The van der Waals surface area contributed by atoms with Crippen molar-refractivity contribution in [3.05, 3.63) is 83.9 Å². The Morgan fingerprint density at radius 1 is 0.783 bits per heavy atom. The Balaban J connectivity index is 2.33. The van der Waals surface area contributed by atoms with Crippen LogP contribution in [-0.2, 0) is 19.9 Å². The molecule has 10 heteroatoms. The molecule has 123 valence electrons. The van der Waals surface area contributed by atoms with Gasteiger partial charge in [-0.25, -0.2) is 0 Å². The second-order valence-electron chi connectivity index (χ2n) is 4.50. The van der Waals surface area contributed by atoms with Crippen LogP contribution in [0.3, 0.4) is 0 Å². The van der Waals surface area contributed by atoms with Gasteiger partial charge in [0.25, 0.3) is 0 Å². The molecule has 0 amide bonds. The van der Waals surface area contributed by atoms with Gasteiger partial charge < -0.3 is 0 Å². The van der Waals surface area contributed by atoms with Crippen LogP contribution in [0.5, 0.6) is 0 Å². The molecule has 0 saturated carbocycles. The summed E-state index contributed by atoms with van der Waals surface area (Å²) in [4.78, 5) is 34.0. The second-order valence-corrected chi connectivity index (χ2v) is 7.23. The van der Waals surface area contributed by atoms with E-state index in [1.54, 1.807) is 30.3 Å². The van der Waals surface area contributed by atoms with E-state index in [4.69, 9.17) is 0 Å². The van der Waals surface area contributed by atoms with Crippen molar-refractivity contribution < 1.29 is 25.3 Å². The second kappa shape index (κ2) is 5.11. The van der Waals surface area contributed by atoms with Gasteiger partial charge in [-0.1, -0.05) is 0 Å². The summed E-state index contributed by atoms with van der Waals surface area (Å²) in [7, 11) is 0. The van der Waals surface area contributed by atoms with Gasteiger partial charge in [-0.3, -0.25) is 0 Å². The number of benzene rings is 2. The fourth-order valence-electron chi connectivity index (χ4n) is 2.58. The van der Waals surface area contributed by atoms with Gasteiger partial charge in [-0.15, -0.1) is 0 Å². The first-order valence-corrected chi connectivity index (χ1v) is 7.91. The van der Waals surface area contributed by atoms with E-state index in [0.717, 1.165) is 17.2 Å². The molecule has 0 radical (unpaired) electrons. The van der Waals surface area contributed by atoms with Crippen molar-refractivity contribution in [3.63, 3.8) is 0 Å². The Morgan fingerprint density at radius 3 is 1.96 bits per heavy atom. The van der Waals surface area contributed by atoms with Gasteiger partial charge >= 0.3 is 131 Å². The molecule has 2 aromatic carbocycles. The zero-order chi connectivity index (χ0) is 16.8. The maximum absolute atomic E-state index is 11.3. The van der Waals surface area contributed by atoms with E-state index in [1.165, 1.54) is 6.07 Å². The van der Waals surface area contributed by atoms with Crippen molar-refractivity contribution in [1.82, 2.24) is 0 Å². The molecular formula is C13H9CuN3O6. The molecule has 0 atom stereocenters. The number of rotatable bonds is 4. The molecule has 0 bridgehead atoms. The summed E-state index contributed by atoms with van der Waals surface area (Å²) in [5.74, 6) is 0. The van der Waals surface area contributed by atoms with Crippen molar-refractivity contribution in [2.75, 3.05) is 0 Å². The van der Waals surface area contributed by atoms with E-state index >= 15 is 0 Å². The first-order chi connectivity index (χ1) is 10.9. The molecule has 0 heterocycles. The van der Waals surface area contributed by atoms with E-state index in [-0.39, 0.29) is 12.0 Å². The number of hydrogen-bond acceptors (Lipinski definition) is 6. The van der Waals surface area contributed by atoms with E-state index in [1.807, 2.05) is 0 Å². The molecule has 0 saturated heterocycles. The van der Waals surface area contributed by atoms with Crippen LogP contribution >= 0.6 is 0 Å². The first-order valence-electron chi connectivity index (χ1n) is 6.18. The van der Waals surface area contributed by atoms with Crippen molar-refractivity contribution >= 4 is 4.46 Å². The minimum absolute atomic E-state index is 0.199. The van der Waals surface area contributed by atoms with Gasteiger partial charge in [0, 0.05) is 0 Å². The maximum atomic E-state index is 11.3. The zero-order valence-electron chi connectivity index (χ0n) is 11.3.